The zero-order valence-corrected chi connectivity index (χ0v) is 17.1. The number of carbonyl (C=O) groups excluding carboxylic acids is 2. The Balaban J connectivity index is 1.72. The summed E-state index contributed by atoms with van der Waals surface area (Å²) >= 11 is 0. The number of rotatable bonds is 7. The Kier molecular flexibility index (Phi) is 7.26. The molecule has 160 valence electrons. The lowest BCUT2D eigenvalue weighted by Crippen LogP contribution is -2.51. The van der Waals surface area contributed by atoms with E-state index in [0.717, 1.165) is 11.3 Å². The van der Waals surface area contributed by atoms with Crippen LogP contribution in [-0.2, 0) is 16.1 Å². The molecule has 0 aliphatic carbocycles. The summed E-state index contributed by atoms with van der Waals surface area (Å²) in [6.07, 6.45) is -0.925. The van der Waals surface area contributed by atoms with Gasteiger partial charge in [-0.1, -0.05) is 24.3 Å². The van der Waals surface area contributed by atoms with Crippen LogP contribution in [0.3, 0.4) is 0 Å². The van der Waals surface area contributed by atoms with E-state index < -0.39 is 12.1 Å². The highest BCUT2D eigenvalue weighted by atomic mass is 16.5. The number of anilines is 1. The van der Waals surface area contributed by atoms with Gasteiger partial charge in [0, 0.05) is 18.8 Å². The highest BCUT2D eigenvalue weighted by molar-refractivity contribution is 5.89. The molecular weight excluding hydrogens is 386 g/mol. The molecule has 1 heterocycles. The minimum atomic E-state index is -0.925. The van der Waals surface area contributed by atoms with Crippen LogP contribution in [0.4, 0.5) is 10.5 Å². The fourth-order valence-corrected chi connectivity index (χ4v) is 3.34. The van der Waals surface area contributed by atoms with Gasteiger partial charge < -0.3 is 30.1 Å². The maximum atomic E-state index is 12.5. The van der Waals surface area contributed by atoms with Gasteiger partial charge in [-0.05, 0) is 42.3 Å². The molecule has 1 aliphatic heterocycles. The van der Waals surface area contributed by atoms with E-state index in [0.29, 0.717) is 24.3 Å². The fourth-order valence-electron chi connectivity index (χ4n) is 3.34. The maximum absolute atomic E-state index is 12.5. The van der Waals surface area contributed by atoms with Crippen LogP contribution in [0, 0.1) is 0 Å². The van der Waals surface area contributed by atoms with Gasteiger partial charge in [0.25, 0.3) is 0 Å². The minimum Gasteiger partial charge on any atom is -0.497 e. The van der Waals surface area contributed by atoms with E-state index in [4.69, 9.17) is 9.47 Å². The summed E-state index contributed by atoms with van der Waals surface area (Å²) < 4.78 is 10.6. The van der Waals surface area contributed by atoms with E-state index in [1.807, 2.05) is 31.2 Å². The molecule has 3 amide bonds. The van der Waals surface area contributed by atoms with Crippen LogP contribution in [0.2, 0.25) is 0 Å². The number of urea groups is 1. The first-order chi connectivity index (χ1) is 14.5. The number of amides is 3. The van der Waals surface area contributed by atoms with Gasteiger partial charge in [-0.3, -0.25) is 4.79 Å². The van der Waals surface area contributed by atoms with Crippen molar-refractivity contribution >= 4 is 17.6 Å². The first-order valence-corrected chi connectivity index (χ1v) is 9.84. The van der Waals surface area contributed by atoms with Crippen LogP contribution in [0.5, 0.6) is 5.75 Å². The molecule has 1 aliphatic rings. The van der Waals surface area contributed by atoms with E-state index in [1.54, 1.807) is 36.3 Å². The predicted molar refractivity (Wildman–Crippen MR) is 112 cm³/mol. The van der Waals surface area contributed by atoms with Crippen molar-refractivity contribution in [2.24, 2.45) is 0 Å². The van der Waals surface area contributed by atoms with Crippen LogP contribution in [0.15, 0.2) is 48.5 Å². The van der Waals surface area contributed by atoms with Gasteiger partial charge in [0.1, 0.15) is 18.5 Å². The number of methoxy groups -OCH3 is 1. The van der Waals surface area contributed by atoms with Gasteiger partial charge in [0.2, 0.25) is 5.91 Å². The number of carbonyl (C=O) groups is 2. The minimum absolute atomic E-state index is 0.00519. The molecule has 2 aromatic rings. The number of benzene rings is 2. The lowest BCUT2D eigenvalue weighted by atomic mass is 9.99. The summed E-state index contributed by atoms with van der Waals surface area (Å²) in [5.74, 6) is 0.570. The number of nitrogens with one attached hydrogen (secondary N) is 2. The van der Waals surface area contributed by atoms with Crippen LogP contribution in [-0.4, -0.2) is 54.9 Å². The average Bonchev–Trinajstić information content (AvgIpc) is 2.76. The number of ether oxygens (including phenoxy) is 2. The molecule has 2 aromatic carbocycles. The van der Waals surface area contributed by atoms with Crippen LogP contribution in [0.25, 0.3) is 0 Å². The molecule has 3 rings (SSSR count). The molecule has 3 N–H and O–H groups in total. The molecule has 30 heavy (non-hydrogen) atoms. The molecule has 8 nitrogen and oxygen atoms in total. The smallest absolute Gasteiger partial charge is 0.319 e. The lowest BCUT2D eigenvalue weighted by Gasteiger charge is -2.38. The second kappa shape index (κ2) is 10.1. The molecule has 8 heteroatoms. The highest BCUT2D eigenvalue weighted by Crippen LogP contribution is 2.27. The quantitative estimate of drug-likeness (QED) is 0.647. The molecule has 0 saturated carbocycles. The first kappa shape index (κ1) is 21.6. The third-order valence-electron chi connectivity index (χ3n) is 4.96. The second-order valence-electron chi connectivity index (χ2n) is 7.00. The molecule has 0 bridgehead atoms. The van der Waals surface area contributed by atoms with Gasteiger partial charge in [0.05, 0.1) is 19.8 Å². The first-order valence-electron chi connectivity index (χ1n) is 9.84. The van der Waals surface area contributed by atoms with Crippen LogP contribution >= 0.6 is 0 Å². The van der Waals surface area contributed by atoms with Gasteiger partial charge in [-0.2, -0.15) is 0 Å². The summed E-state index contributed by atoms with van der Waals surface area (Å²) in [6.45, 7) is 2.97. The van der Waals surface area contributed by atoms with Crippen molar-refractivity contribution in [3.05, 3.63) is 59.7 Å². The Morgan fingerprint density at radius 2 is 1.93 bits per heavy atom. The third-order valence-corrected chi connectivity index (χ3v) is 4.96. The summed E-state index contributed by atoms with van der Waals surface area (Å²) in [5, 5.41) is 16.3. The Morgan fingerprint density at radius 3 is 2.57 bits per heavy atom. The Bertz CT molecular complexity index is 854. The van der Waals surface area contributed by atoms with Crippen molar-refractivity contribution < 1.29 is 24.2 Å². The normalized spacial score (nSPS) is 17.4. The van der Waals surface area contributed by atoms with Crippen molar-refractivity contribution in [3.8, 4) is 5.75 Å². The van der Waals surface area contributed by atoms with Crippen molar-refractivity contribution in [2.75, 3.05) is 32.2 Å². The van der Waals surface area contributed by atoms with Crippen molar-refractivity contribution in [2.45, 2.75) is 25.6 Å². The predicted octanol–water partition coefficient (Wildman–Crippen LogP) is 2.30. The van der Waals surface area contributed by atoms with E-state index in [2.05, 4.69) is 10.6 Å². The van der Waals surface area contributed by atoms with E-state index in [1.165, 1.54) is 0 Å². The SMILES string of the molecule is CCNC(=O)Nc1ccc([C@@H](O)[C@H]2COCC(=O)N2Cc2ccc(OC)cc2)cc1. The number of hydrogen-bond donors (Lipinski definition) is 3. The highest BCUT2D eigenvalue weighted by Gasteiger charge is 2.34. The Morgan fingerprint density at radius 1 is 1.23 bits per heavy atom. The lowest BCUT2D eigenvalue weighted by molar-refractivity contribution is -0.155. The molecular formula is C22H27N3O5. The van der Waals surface area contributed by atoms with E-state index >= 15 is 0 Å². The number of hydrogen-bond acceptors (Lipinski definition) is 5. The Labute approximate surface area is 175 Å². The standard InChI is InChI=1S/C22H27N3O5/c1-3-23-22(28)24-17-8-6-16(7-9-17)21(27)19-13-30-14-20(26)25(19)12-15-4-10-18(29-2)11-5-15/h4-11,19,21,27H,3,12-14H2,1-2H3,(H2,23,24,28)/t19-,21-/m1/s1. The Hall–Kier alpha value is -3.10. The molecule has 1 fully saturated rings. The van der Waals surface area contributed by atoms with Gasteiger partial charge in [0.15, 0.2) is 0 Å². The molecule has 0 spiro atoms. The van der Waals surface area contributed by atoms with Crippen LogP contribution < -0.4 is 15.4 Å². The van der Waals surface area contributed by atoms with Gasteiger partial charge in [-0.15, -0.1) is 0 Å². The van der Waals surface area contributed by atoms with Crippen molar-refractivity contribution in [1.29, 1.82) is 0 Å². The molecule has 0 unspecified atom stereocenters. The summed E-state index contributed by atoms with van der Waals surface area (Å²) in [7, 11) is 1.60. The van der Waals surface area contributed by atoms with Crippen molar-refractivity contribution in [3.63, 3.8) is 0 Å². The van der Waals surface area contributed by atoms with Gasteiger partial charge in [-0.25, -0.2) is 4.79 Å². The van der Waals surface area contributed by atoms with E-state index in [-0.39, 0.29) is 25.2 Å². The van der Waals surface area contributed by atoms with Crippen molar-refractivity contribution in [1.82, 2.24) is 10.2 Å². The topological polar surface area (TPSA) is 100 Å². The molecule has 2 atom stereocenters. The second-order valence-corrected chi connectivity index (χ2v) is 7.00. The number of morpholine rings is 1. The number of aliphatic hydroxyl groups excluding tert-OH is 1. The molecule has 0 aromatic heterocycles. The summed E-state index contributed by atoms with van der Waals surface area (Å²) in [6, 6.07) is 13.6. The largest absolute Gasteiger partial charge is 0.497 e. The zero-order valence-electron chi connectivity index (χ0n) is 17.1. The fraction of sp³-hybridized carbons (Fsp3) is 0.364. The monoisotopic (exact) mass is 413 g/mol. The van der Waals surface area contributed by atoms with E-state index in [9.17, 15) is 14.7 Å². The average molecular weight is 413 g/mol. The summed E-state index contributed by atoms with van der Waals surface area (Å²) in [4.78, 5) is 25.8. The maximum Gasteiger partial charge on any atom is 0.319 e. The van der Waals surface area contributed by atoms with Crippen LogP contribution in [0.1, 0.15) is 24.2 Å². The zero-order chi connectivity index (χ0) is 21.5. The number of nitrogens with zero attached hydrogens (tertiary/aromatic N) is 1. The molecule has 1 saturated heterocycles. The van der Waals surface area contributed by atoms with Gasteiger partial charge >= 0.3 is 6.03 Å². The summed E-state index contributed by atoms with van der Waals surface area (Å²) in [5.41, 5.74) is 2.19. The third kappa shape index (κ3) is 5.28. The molecule has 0 radical (unpaired) electrons. The number of aliphatic hydroxyl groups is 1.